The maximum absolute atomic E-state index is 12.4. The summed E-state index contributed by atoms with van der Waals surface area (Å²) in [4.78, 5) is 12.4. The van der Waals surface area contributed by atoms with Crippen molar-refractivity contribution in [2.24, 2.45) is 0 Å². The van der Waals surface area contributed by atoms with E-state index in [1.807, 2.05) is 42.5 Å². The van der Waals surface area contributed by atoms with E-state index in [0.717, 1.165) is 16.8 Å². The van der Waals surface area contributed by atoms with Gasteiger partial charge in [-0.1, -0.05) is 41.9 Å². The molecule has 2 atom stereocenters. The minimum atomic E-state index is -1.09. The molecule has 4 nitrogen and oxygen atoms in total. The largest absolute Gasteiger partial charge is 0.350 e. The Kier molecular flexibility index (Phi) is 2.41. The van der Waals surface area contributed by atoms with Gasteiger partial charge in [-0.25, -0.2) is 0 Å². The molecule has 0 saturated carbocycles. The average Bonchev–Trinajstić information content (AvgIpc) is 2.70. The lowest BCUT2D eigenvalue weighted by Crippen LogP contribution is -2.46. The van der Waals surface area contributed by atoms with Gasteiger partial charge in [0.2, 0.25) is 5.72 Å². The van der Waals surface area contributed by atoms with Crippen molar-refractivity contribution in [3.8, 4) is 0 Å². The summed E-state index contributed by atoms with van der Waals surface area (Å²) in [7, 11) is 0. The van der Waals surface area contributed by atoms with Crippen LogP contribution in [0.5, 0.6) is 0 Å². The van der Waals surface area contributed by atoms with Crippen molar-refractivity contribution in [3.05, 3.63) is 64.7 Å². The lowest BCUT2D eigenvalue weighted by atomic mass is 9.92. The number of fused-ring (bicyclic) bond motifs is 4. The fraction of sp³-hybridized carbons (Fsp3) is 0.188. The van der Waals surface area contributed by atoms with E-state index in [9.17, 15) is 4.79 Å². The summed E-state index contributed by atoms with van der Waals surface area (Å²) < 4.78 is 6.12. The second-order valence-corrected chi connectivity index (χ2v) is 5.89. The van der Waals surface area contributed by atoms with Gasteiger partial charge in [0.05, 0.1) is 0 Å². The summed E-state index contributed by atoms with van der Waals surface area (Å²) in [5.41, 5.74) is 0.432. The van der Waals surface area contributed by atoms with E-state index in [-0.39, 0.29) is 5.91 Å². The summed E-state index contributed by atoms with van der Waals surface area (Å²) in [6.45, 7) is 1.73. The van der Waals surface area contributed by atoms with Gasteiger partial charge in [0.15, 0.2) is 5.72 Å². The number of hydrogen-bond donors (Lipinski definition) is 2. The zero-order chi connectivity index (χ0) is 14.7. The first-order valence-corrected chi connectivity index (χ1v) is 7.08. The van der Waals surface area contributed by atoms with Crippen molar-refractivity contribution in [2.75, 3.05) is 5.32 Å². The molecular weight excluding hydrogens is 288 g/mol. The van der Waals surface area contributed by atoms with Crippen LogP contribution in [0.3, 0.4) is 0 Å². The Balaban J connectivity index is 2.02. The van der Waals surface area contributed by atoms with E-state index in [2.05, 4.69) is 10.6 Å². The molecule has 1 saturated heterocycles. The van der Waals surface area contributed by atoms with Crippen molar-refractivity contribution >= 4 is 23.2 Å². The third-order valence-corrected chi connectivity index (χ3v) is 4.23. The Morgan fingerprint density at radius 1 is 1.10 bits per heavy atom. The maximum Gasteiger partial charge on any atom is 0.275 e. The summed E-state index contributed by atoms with van der Waals surface area (Å²) >= 11 is 6.14. The van der Waals surface area contributed by atoms with Gasteiger partial charge in [0, 0.05) is 21.8 Å². The Labute approximate surface area is 127 Å². The molecule has 2 heterocycles. The summed E-state index contributed by atoms with van der Waals surface area (Å²) in [6.07, 6.45) is 0. The first kappa shape index (κ1) is 12.7. The van der Waals surface area contributed by atoms with Crippen LogP contribution >= 0.6 is 11.6 Å². The molecule has 2 bridgehead atoms. The minimum Gasteiger partial charge on any atom is -0.350 e. The molecule has 0 aromatic heterocycles. The van der Waals surface area contributed by atoms with E-state index in [0.29, 0.717) is 5.02 Å². The third kappa shape index (κ3) is 1.63. The molecule has 21 heavy (non-hydrogen) atoms. The van der Waals surface area contributed by atoms with Gasteiger partial charge in [0.1, 0.15) is 0 Å². The number of carbonyl (C=O) groups is 1. The Morgan fingerprint density at radius 3 is 2.62 bits per heavy atom. The fourth-order valence-electron chi connectivity index (χ4n) is 2.99. The number of nitrogens with one attached hydrogen (secondary N) is 2. The SMILES string of the molecule is CC12Nc3ccc(Cl)cc3C(c3ccccc3)(NC1=O)O2. The molecule has 1 fully saturated rings. The molecule has 0 aliphatic carbocycles. The second-order valence-electron chi connectivity index (χ2n) is 5.45. The van der Waals surface area contributed by atoms with E-state index in [4.69, 9.17) is 16.3 Å². The van der Waals surface area contributed by atoms with E-state index in [1.165, 1.54) is 0 Å². The van der Waals surface area contributed by atoms with Gasteiger partial charge in [-0.2, -0.15) is 0 Å². The van der Waals surface area contributed by atoms with Crippen LogP contribution < -0.4 is 10.6 Å². The molecule has 2 aliphatic rings. The molecule has 2 aromatic carbocycles. The highest BCUT2D eigenvalue weighted by Gasteiger charge is 2.59. The van der Waals surface area contributed by atoms with Gasteiger partial charge in [-0.15, -0.1) is 0 Å². The number of halogens is 1. The van der Waals surface area contributed by atoms with Crippen LogP contribution in [0.1, 0.15) is 18.1 Å². The Bertz CT molecular complexity index is 749. The Hall–Kier alpha value is -2.04. The van der Waals surface area contributed by atoms with Crippen LogP contribution in [0, 0.1) is 0 Å². The normalized spacial score (nSPS) is 29.5. The highest BCUT2D eigenvalue weighted by Crippen LogP contribution is 2.48. The molecule has 1 amide bonds. The van der Waals surface area contributed by atoms with Crippen molar-refractivity contribution in [2.45, 2.75) is 18.4 Å². The molecular formula is C16H13ClN2O2. The number of carbonyl (C=O) groups excluding carboxylic acids is 1. The van der Waals surface area contributed by atoms with Crippen LogP contribution in [0.4, 0.5) is 5.69 Å². The number of amides is 1. The number of hydrogen-bond acceptors (Lipinski definition) is 3. The quantitative estimate of drug-likeness (QED) is 0.851. The molecule has 0 spiro atoms. The van der Waals surface area contributed by atoms with Gasteiger partial charge < -0.3 is 15.4 Å². The lowest BCUT2D eigenvalue weighted by Gasteiger charge is -2.38. The first-order chi connectivity index (χ1) is 10.0. The summed E-state index contributed by atoms with van der Waals surface area (Å²) in [5.74, 6) is -0.196. The van der Waals surface area contributed by atoms with Crippen LogP contribution in [-0.2, 0) is 15.3 Å². The molecule has 106 valence electrons. The highest BCUT2D eigenvalue weighted by atomic mass is 35.5. The van der Waals surface area contributed by atoms with E-state index < -0.39 is 11.4 Å². The Morgan fingerprint density at radius 2 is 1.86 bits per heavy atom. The smallest absolute Gasteiger partial charge is 0.275 e. The average molecular weight is 301 g/mol. The van der Waals surface area contributed by atoms with E-state index >= 15 is 0 Å². The predicted molar refractivity (Wildman–Crippen MR) is 79.9 cm³/mol. The van der Waals surface area contributed by atoms with Crippen LogP contribution in [-0.4, -0.2) is 11.6 Å². The van der Waals surface area contributed by atoms with Gasteiger partial charge in [-0.3, -0.25) is 4.79 Å². The molecule has 4 rings (SSSR count). The molecule has 2 aliphatic heterocycles. The van der Waals surface area contributed by atoms with Gasteiger partial charge in [0.25, 0.3) is 5.91 Å². The van der Waals surface area contributed by atoms with Gasteiger partial charge in [-0.05, 0) is 25.1 Å². The predicted octanol–water partition coefficient (Wildman–Crippen LogP) is 2.83. The van der Waals surface area contributed by atoms with Crippen LogP contribution in [0.15, 0.2) is 48.5 Å². The number of rotatable bonds is 1. The third-order valence-electron chi connectivity index (χ3n) is 3.99. The molecule has 2 unspecified atom stereocenters. The standard InChI is InChI=1S/C16H13ClN2O2/c1-15-14(20)19-16(21-15,10-5-3-2-4-6-10)12-9-11(17)7-8-13(12)18-15/h2-9,18H,1H3,(H,19,20). The number of anilines is 1. The topological polar surface area (TPSA) is 50.4 Å². The van der Waals surface area contributed by atoms with Crippen molar-refractivity contribution < 1.29 is 9.53 Å². The van der Waals surface area contributed by atoms with Gasteiger partial charge >= 0.3 is 0 Å². The monoisotopic (exact) mass is 300 g/mol. The molecule has 2 aromatic rings. The van der Waals surface area contributed by atoms with E-state index in [1.54, 1.807) is 13.0 Å². The lowest BCUT2D eigenvalue weighted by molar-refractivity contribution is -0.132. The second kappa shape index (κ2) is 4.00. The number of benzene rings is 2. The van der Waals surface area contributed by atoms with Crippen LogP contribution in [0.2, 0.25) is 5.02 Å². The molecule has 2 N–H and O–H groups in total. The van der Waals surface area contributed by atoms with Crippen molar-refractivity contribution in [1.29, 1.82) is 0 Å². The minimum absolute atomic E-state index is 0.196. The van der Waals surface area contributed by atoms with Crippen molar-refractivity contribution in [3.63, 3.8) is 0 Å². The fourth-order valence-corrected chi connectivity index (χ4v) is 3.17. The zero-order valence-corrected chi connectivity index (χ0v) is 12.1. The molecule has 5 heteroatoms. The number of ether oxygens (including phenoxy) is 1. The van der Waals surface area contributed by atoms with Crippen LogP contribution in [0.25, 0.3) is 0 Å². The highest BCUT2D eigenvalue weighted by molar-refractivity contribution is 6.30. The van der Waals surface area contributed by atoms with Crippen molar-refractivity contribution in [1.82, 2.24) is 5.32 Å². The first-order valence-electron chi connectivity index (χ1n) is 6.70. The zero-order valence-electron chi connectivity index (χ0n) is 11.3. The molecule has 0 radical (unpaired) electrons. The summed E-state index contributed by atoms with van der Waals surface area (Å²) in [5, 5.41) is 6.73. The maximum atomic E-state index is 12.4. The summed E-state index contributed by atoms with van der Waals surface area (Å²) in [6, 6.07) is 15.1.